The van der Waals surface area contributed by atoms with E-state index in [1.165, 1.54) is 6.07 Å². The number of anilines is 2. The van der Waals surface area contributed by atoms with Gasteiger partial charge in [0.15, 0.2) is 0 Å². The lowest BCUT2D eigenvalue weighted by atomic mass is 10.1. The lowest BCUT2D eigenvalue weighted by Crippen LogP contribution is -2.04. The average molecular weight is 265 g/mol. The molecular weight excluding hydrogens is 254 g/mol. The van der Waals surface area contributed by atoms with Crippen molar-refractivity contribution in [2.75, 3.05) is 5.32 Å². The highest BCUT2D eigenvalue weighted by atomic mass is 16.4. The molecule has 98 valence electrons. The summed E-state index contributed by atoms with van der Waals surface area (Å²) in [6.45, 7) is 0. The number of fused-ring (bicyclic) bond motifs is 1. The van der Waals surface area contributed by atoms with Crippen LogP contribution in [0.25, 0.3) is 10.8 Å². The van der Waals surface area contributed by atoms with E-state index >= 15 is 0 Å². The van der Waals surface area contributed by atoms with Gasteiger partial charge in [-0.3, -0.25) is 4.98 Å². The summed E-state index contributed by atoms with van der Waals surface area (Å²) >= 11 is 0. The number of carboxylic acid groups (broad SMARTS) is 1. The summed E-state index contributed by atoms with van der Waals surface area (Å²) in [4.78, 5) is 19.4. The molecule has 5 heteroatoms. The van der Waals surface area contributed by atoms with Crippen LogP contribution in [0.4, 0.5) is 11.5 Å². The van der Waals surface area contributed by atoms with Gasteiger partial charge < -0.3 is 10.4 Å². The van der Waals surface area contributed by atoms with Gasteiger partial charge in [0.25, 0.3) is 0 Å². The molecule has 2 heterocycles. The number of nitrogens with one attached hydrogen (secondary N) is 1. The molecule has 2 aromatic heterocycles. The number of nitrogens with zero attached hydrogens (tertiary/aromatic N) is 2. The van der Waals surface area contributed by atoms with Gasteiger partial charge in [0.05, 0.1) is 0 Å². The first-order valence-electron chi connectivity index (χ1n) is 6.04. The second-order valence-electron chi connectivity index (χ2n) is 4.23. The van der Waals surface area contributed by atoms with E-state index in [9.17, 15) is 4.79 Å². The summed E-state index contributed by atoms with van der Waals surface area (Å²) in [5.41, 5.74) is 0.908. The van der Waals surface area contributed by atoms with Gasteiger partial charge in [-0.1, -0.05) is 12.1 Å². The SMILES string of the molecule is O=C(O)c1cccnc1Nc1cccc2ccncc12. The Hall–Kier alpha value is -2.95. The third-order valence-electron chi connectivity index (χ3n) is 2.97. The summed E-state index contributed by atoms with van der Waals surface area (Å²) in [5, 5.41) is 14.2. The van der Waals surface area contributed by atoms with E-state index in [2.05, 4.69) is 15.3 Å². The van der Waals surface area contributed by atoms with Gasteiger partial charge in [-0.05, 0) is 29.7 Å². The van der Waals surface area contributed by atoms with Crippen LogP contribution in [0.3, 0.4) is 0 Å². The Morgan fingerprint density at radius 3 is 2.85 bits per heavy atom. The molecule has 0 atom stereocenters. The first kappa shape index (κ1) is 12.1. The highest BCUT2D eigenvalue weighted by molar-refractivity contribution is 5.98. The van der Waals surface area contributed by atoms with Gasteiger partial charge in [-0.15, -0.1) is 0 Å². The van der Waals surface area contributed by atoms with Crippen LogP contribution in [0.1, 0.15) is 10.4 Å². The Kier molecular flexibility index (Phi) is 3.01. The fourth-order valence-corrected chi connectivity index (χ4v) is 2.03. The number of aromatic nitrogens is 2. The van der Waals surface area contributed by atoms with E-state index in [0.717, 1.165) is 16.5 Å². The molecule has 0 amide bonds. The molecule has 0 spiro atoms. The number of benzene rings is 1. The first-order valence-corrected chi connectivity index (χ1v) is 6.04. The van der Waals surface area contributed by atoms with Gasteiger partial charge in [0.1, 0.15) is 11.4 Å². The highest BCUT2D eigenvalue weighted by Gasteiger charge is 2.11. The molecule has 2 N–H and O–H groups in total. The van der Waals surface area contributed by atoms with Crippen molar-refractivity contribution >= 4 is 28.2 Å². The van der Waals surface area contributed by atoms with E-state index in [4.69, 9.17) is 5.11 Å². The quantitative estimate of drug-likeness (QED) is 0.761. The maximum Gasteiger partial charge on any atom is 0.339 e. The largest absolute Gasteiger partial charge is 0.478 e. The Balaban J connectivity index is 2.08. The smallest absolute Gasteiger partial charge is 0.339 e. The van der Waals surface area contributed by atoms with Gasteiger partial charge in [0, 0.05) is 29.7 Å². The zero-order valence-corrected chi connectivity index (χ0v) is 10.4. The molecule has 0 saturated heterocycles. The minimum atomic E-state index is -1.01. The Labute approximate surface area is 114 Å². The number of carbonyl (C=O) groups is 1. The fraction of sp³-hybridized carbons (Fsp3) is 0. The monoisotopic (exact) mass is 265 g/mol. The maximum atomic E-state index is 11.2. The maximum absolute atomic E-state index is 11.2. The van der Waals surface area contributed by atoms with E-state index in [1.54, 1.807) is 24.7 Å². The molecule has 5 nitrogen and oxygen atoms in total. The van der Waals surface area contributed by atoms with Crippen LogP contribution < -0.4 is 5.32 Å². The minimum Gasteiger partial charge on any atom is -0.478 e. The molecule has 0 radical (unpaired) electrons. The van der Waals surface area contributed by atoms with Crippen molar-refractivity contribution in [1.82, 2.24) is 9.97 Å². The molecule has 0 fully saturated rings. The predicted octanol–water partition coefficient (Wildman–Crippen LogP) is 3.07. The van der Waals surface area contributed by atoms with Crippen molar-refractivity contribution in [1.29, 1.82) is 0 Å². The normalized spacial score (nSPS) is 10.4. The van der Waals surface area contributed by atoms with Gasteiger partial charge in [-0.2, -0.15) is 0 Å². The van der Waals surface area contributed by atoms with Crippen molar-refractivity contribution in [2.45, 2.75) is 0 Å². The highest BCUT2D eigenvalue weighted by Crippen LogP contribution is 2.26. The van der Waals surface area contributed by atoms with Gasteiger partial charge >= 0.3 is 5.97 Å². The van der Waals surface area contributed by atoms with Gasteiger partial charge in [-0.25, -0.2) is 9.78 Å². The summed E-state index contributed by atoms with van der Waals surface area (Å²) in [7, 11) is 0. The summed E-state index contributed by atoms with van der Waals surface area (Å²) < 4.78 is 0. The topological polar surface area (TPSA) is 75.1 Å². The van der Waals surface area contributed by atoms with E-state index in [0.29, 0.717) is 5.82 Å². The molecule has 3 aromatic rings. The van der Waals surface area contributed by atoms with Crippen LogP contribution in [0.5, 0.6) is 0 Å². The van der Waals surface area contributed by atoms with Crippen LogP contribution in [-0.4, -0.2) is 21.0 Å². The second kappa shape index (κ2) is 4.97. The second-order valence-corrected chi connectivity index (χ2v) is 4.23. The van der Waals surface area contributed by atoms with Crippen LogP contribution in [0.15, 0.2) is 55.0 Å². The molecule has 3 rings (SSSR count). The molecule has 1 aromatic carbocycles. The zero-order valence-electron chi connectivity index (χ0n) is 10.4. The predicted molar refractivity (Wildman–Crippen MR) is 76.2 cm³/mol. The summed E-state index contributed by atoms with van der Waals surface area (Å²) in [5.74, 6) is -0.699. The molecule has 0 unspecified atom stereocenters. The standard InChI is InChI=1S/C15H11N3O2/c19-15(20)11-4-2-7-17-14(11)18-13-5-1-3-10-6-8-16-9-12(10)13/h1-9H,(H,17,18)(H,19,20). The lowest BCUT2D eigenvalue weighted by Gasteiger charge is -2.10. The Bertz CT molecular complexity index is 781. The number of hydrogen-bond acceptors (Lipinski definition) is 4. The van der Waals surface area contributed by atoms with E-state index in [-0.39, 0.29) is 5.56 Å². The molecule has 0 aliphatic rings. The number of carboxylic acids is 1. The van der Waals surface area contributed by atoms with Crippen LogP contribution >= 0.6 is 0 Å². The molecule has 0 aliphatic heterocycles. The van der Waals surface area contributed by atoms with Crippen LogP contribution in [0, 0.1) is 0 Å². The number of rotatable bonds is 3. The van der Waals surface area contributed by atoms with Crippen molar-refractivity contribution in [3.05, 3.63) is 60.6 Å². The Morgan fingerprint density at radius 1 is 1.10 bits per heavy atom. The molecule has 0 aliphatic carbocycles. The third-order valence-corrected chi connectivity index (χ3v) is 2.97. The average Bonchev–Trinajstić information content (AvgIpc) is 2.48. The molecule has 0 saturated carbocycles. The Morgan fingerprint density at radius 2 is 2.00 bits per heavy atom. The summed E-state index contributed by atoms with van der Waals surface area (Å²) in [6.07, 6.45) is 5.01. The van der Waals surface area contributed by atoms with Crippen molar-refractivity contribution in [3.63, 3.8) is 0 Å². The fourth-order valence-electron chi connectivity index (χ4n) is 2.03. The van der Waals surface area contributed by atoms with E-state index < -0.39 is 5.97 Å². The van der Waals surface area contributed by atoms with Crippen LogP contribution in [0.2, 0.25) is 0 Å². The van der Waals surface area contributed by atoms with Crippen LogP contribution in [-0.2, 0) is 0 Å². The van der Waals surface area contributed by atoms with Crippen molar-refractivity contribution in [3.8, 4) is 0 Å². The zero-order chi connectivity index (χ0) is 13.9. The lowest BCUT2D eigenvalue weighted by molar-refractivity contribution is 0.0697. The number of aromatic carboxylic acids is 1. The minimum absolute atomic E-state index is 0.133. The van der Waals surface area contributed by atoms with Crippen molar-refractivity contribution < 1.29 is 9.90 Å². The summed E-state index contributed by atoms with van der Waals surface area (Å²) in [6, 6.07) is 10.7. The first-order chi connectivity index (χ1) is 9.75. The number of hydrogen-bond donors (Lipinski definition) is 2. The molecule has 0 bridgehead atoms. The molecular formula is C15H11N3O2. The third kappa shape index (κ3) is 2.16. The van der Waals surface area contributed by atoms with E-state index in [1.807, 2.05) is 24.3 Å². The van der Waals surface area contributed by atoms with Gasteiger partial charge in [0.2, 0.25) is 0 Å². The number of pyridine rings is 2. The molecule has 20 heavy (non-hydrogen) atoms. The van der Waals surface area contributed by atoms with Crippen molar-refractivity contribution in [2.24, 2.45) is 0 Å².